The monoisotopic (exact) mass is 380 g/mol. The van der Waals surface area contributed by atoms with E-state index >= 15 is 0 Å². The molecule has 3 aliphatic carbocycles. The number of aliphatic hydroxyl groups excluding tert-OH is 1. The second-order valence-electron chi connectivity index (χ2n) is 10.3. The minimum absolute atomic E-state index is 0.144. The molecule has 1 aromatic rings. The minimum Gasteiger partial charge on any atom is -0.392 e. The first-order chi connectivity index (χ1) is 13.4. The number of allylic oxidation sites excluding steroid dienone is 2. The van der Waals surface area contributed by atoms with Gasteiger partial charge in [-0.15, -0.1) is 0 Å². The molecule has 1 aromatic carbocycles. The van der Waals surface area contributed by atoms with E-state index in [2.05, 4.69) is 45.0 Å². The lowest BCUT2D eigenvalue weighted by molar-refractivity contribution is -0.115. The Balaban J connectivity index is 1.52. The van der Waals surface area contributed by atoms with Crippen LogP contribution in [0.15, 0.2) is 30.4 Å². The highest BCUT2D eigenvalue weighted by molar-refractivity contribution is 5.89. The van der Waals surface area contributed by atoms with Crippen LogP contribution in [-0.4, -0.2) is 10.9 Å². The molecule has 2 fully saturated rings. The summed E-state index contributed by atoms with van der Waals surface area (Å²) in [5.74, 6) is 3.56. The van der Waals surface area contributed by atoms with Crippen LogP contribution in [0.4, 0.5) is 0 Å². The lowest BCUT2D eigenvalue weighted by Crippen LogP contribution is -2.42. The first-order valence-corrected chi connectivity index (χ1v) is 11.4. The van der Waals surface area contributed by atoms with Crippen molar-refractivity contribution in [1.29, 1.82) is 0 Å². The van der Waals surface area contributed by atoms with Crippen LogP contribution in [0.3, 0.4) is 0 Å². The maximum Gasteiger partial charge on any atom is 0.155 e. The van der Waals surface area contributed by atoms with E-state index < -0.39 is 0 Å². The molecule has 5 atom stereocenters. The van der Waals surface area contributed by atoms with E-state index in [9.17, 15) is 9.90 Å². The van der Waals surface area contributed by atoms with E-state index in [0.29, 0.717) is 35.4 Å². The van der Waals surface area contributed by atoms with Gasteiger partial charge in [-0.1, -0.05) is 45.0 Å². The fraction of sp³-hybridized carbons (Fsp3) is 0.654. The summed E-state index contributed by atoms with van der Waals surface area (Å²) < 4.78 is 0. The molecule has 0 aromatic heterocycles. The maximum atomic E-state index is 12.2. The van der Waals surface area contributed by atoms with Crippen LogP contribution in [0.25, 0.3) is 0 Å². The lowest BCUT2D eigenvalue weighted by Gasteiger charge is -2.50. The largest absolute Gasteiger partial charge is 0.392 e. The minimum atomic E-state index is 0.144. The van der Waals surface area contributed by atoms with Crippen LogP contribution in [-0.2, 0) is 17.8 Å². The van der Waals surface area contributed by atoms with Gasteiger partial charge in [-0.25, -0.2) is 0 Å². The quantitative estimate of drug-likeness (QED) is 0.653. The molecule has 0 spiro atoms. The van der Waals surface area contributed by atoms with Gasteiger partial charge in [0.25, 0.3) is 0 Å². The number of fused-ring (bicyclic) bond motifs is 5. The third-order valence-electron chi connectivity index (χ3n) is 8.17. The van der Waals surface area contributed by atoms with Crippen LogP contribution in [0.5, 0.6) is 0 Å². The lowest BCUT2D eigenvalue weighted by atomic mass is 9.54. The van der Waals surface area contributed by atoms with E-state index in [4.69, 9.17) is 0 Å². The SMILES string of the molecule is CC(C)CC(=O)C=C[C@H]1CC[C@H]2[C@@H]3CCc4cc(CO)ccc4[C@H]3CC[C@]12C. The topological polar surface area (TPSA) is 37.3 Å². The fourth-order valence-corrected chi connectivity index (χ4v) is 6.78. The van der Waals surface area contributed by atoms with Crippen molar-refractivity contribution in [3.63, 3.8) is 0 Å². The molecule has 3 aliphatic rings. The molecule has 2 heteroatoms. The van der Waals surface area contributed by atoms with Crippen molar-refractivity contribution in [1.82, 2.24) is 0 Å². The first-order valence-electron chi connectivity index (χ1n) is 11.4. The third kappa shape index (κ3) is 3.49. The summed E-state index contributed by atoms with van der Waals surface area (Å²) in [6.07, 6.45) is 12.4. The van der Waals surface area contributed by atoms with Gasteiger partial charge in [-0.05, 0) is 96.3 Å². The van der Waals surface area contributed by atoms with Crippen molar-refractivity contribution in [3.05, 3.63) is 47.0 Å². The molecule has 0 amide bonds. The van der Waals surface area contributed by atoms with Gasteiger partial charge in [0.2, 0.25) is 0 Å². The molecule has 28 heavy (non-hydrogen) atoms. The van der Waals surface area contributed by atoms with Gasteiger partial charge in [0.15, 0.2) is 5.78 Å². The van der Waals surface area contributed by atoms with Gasteiger partial charge in [0, 0.05) is 6.42 Å². The van der Waals surface area contributed by atoms with E-state index in [1.807, 2.05) is 6.08 Å². The molecule has 4 rings (SSSR count). The summed E-state index contributed by atoms with van der Waals surface area (Å²) in [6, 6.07) is 6.66. The Bertz CT molecular complexity index is 762. The molecular formula is C26H36O2. The highest BCUT2D eigenvalue weighted by Gasteiger charge is 2.53. The van der Waals surface area contributed by atoms with Gasteiger partial charge in [-0.2, -0.15) is 0 Å². The zero-order valence-electron chi connectivity index (χ0n) is 17.8. The fourth-order valence-electron chi connectivity index (χ4n) is 6.78. The average Bonchev–Trinajstić information content (AvgIpc) is 3.01. The van der Waals surface area contributed by atoms with Gasteiger partial charge < -0.3 is 5.11 Å². The molecule has 152 valence electrons. The molecule has 2 nitrogen and oxygen atoms in total. The zero-order chi connectivity index (χ0) is 19.9. The average molecular weight is 381 g/mol. The van der Waals surface area contributed by atoms with Gasteiger partial charge in [0.05, 0.1) is 6.61 Å². The van der Waals surface area contributed by atoms with E-state index in [1.165, 1.54) is 37.7 Å². The van der Waals surface area contributed by atoms with Crippen molar-refractivity contribution in [3.8, 4) is 0 Å². The number of rotatable bonds is 5. The molecule has 2 saturated carbocycles. The van der Waals surface area contributed by atoms with E-state index in [1.54, 1.807) is 5.56 Å². The second kappa shape index (κ2) is 7.78. The smallest absolute Gasteiger partial charge is 0.155 e. The second-order valence-corrected chi connectivity index (χ2v) is 10.3. The van der Waals surface area contributed by atoms with Gasteiger partial charge in [0.1, 0.15) is 0 Å². The summed E-state index contributed by atoms with van der Waals surface area (Å²) in [7, 11) is 0. The highest BCUT2D eigenvalue weighted by Crippen LogP contribution is 2.63. The summed E-state index contributed by atoms with van der Waals surface area (Å²) >= 11 is 0. The molecule has 0 bridgehead atoms. The normalized spacial score (nSPS) is 34.3. The Morgan fingerprint density at radius 1 is 1.25 bits per heavy atom. The van der Waals surface area contributed by atoms with Crippen molar-refractivity contribution in [2.75, 3.05) is 0 Å². The standard InChI is InChI=1S/C26H36O2/c1-17(2)14-21(28)8-6-20-7-11-25-24-10-5-19-15-18(16-27)4-9-22(19)23(24)12-13-26(20,25)3/h4,6,8-9,15,17,20,23-25,27H,5,7,10-14,16H2,1-3H3/t20-,23+,24+,25-,26+/m0/s1. The van der Waals surface area contributed by atoms with E-state index in [0.717, 1.165) is 23.8 Å². The molecule has 0 radical (unpaired) electrons. The summed E-state index contributed by atoms with van der Waals surface area (Å²) in [6.45, 7) is 6.88. The Morgan fingerprint density at radius 3 is 2.82 bits per heavy atom. The van der Waals surface area contributed by atoms with Crippen molar-refractivity contribution in [2.24, 2.45) is 29.1 Å². The number of hydrogen-bond acceptors (Lipinski definition) is 2. The number of carbonyl (C=O) groups is 1. The van der Waals surface area contributed by atoms with Crippen LogP contribution in [0, 0.1) is 29.1 Å². The van der Waals surface area contributed by atoms with Crippen LogP contribution in [0.1, 0.15) is 81.9 Å². The van der Waals surface area contributed by atoms with Crippen molar-refractivity contribution in [2.45, 2.75) is 78.2 Å². The van der Waals surface area contributed by atoms with Gasteiger partial charge in [-0.3, -0.25) is 4.79 Å². The molecule has 0 aliphatic heterocycles. The Kier molecular flexibility index (Phi) is 5.53. The number of hydrogen-bond donors (Lipinski definition) is 1. The first kappa shape index (κ1) is 19.9. The molecule has 1 N–H and O–H groups in total. The Hall–Kier alpha value is -1.41. The number of aryl methyl sites for hydroxylation is 1. The predicted molar refractivity (Wildman–Crippen MR) is 114 cm³/mol. The molecule has 0 unspecified atom stereocenters. The summed E-state index contributed by atoms with van der Waals surface area (Å²) in [4.78, 5) is 12.2. The number of benzene rings is 1. The van der Waals surface area contributed by atoms with Crippen LogP contribution in [0.2, 0.25) is 0 Å². The summed E-state index contributed by atoms with van der Waals surface area (Å²) in [5, 5.41) is 9.46. The molecule has 0 heterocycles. The molecular weight excluding hydrogens is 344 g/mol. The maximum absolute atomic E-state index is 12.2. The van der Waals surface area contributed by atoms with Crippen molar-refractivity contribution >= 4 is 5.78 Å². The van der Waals surface area contributed by atoms with Crippen LogP contribution >= 0.6 is 0 Å². The Morgan fingerprint density at radius 2 is 2.07 bits per heavy atom. The van der Waals surface area contributed by atoms with Gasteiger partial charge >= 0.3 is 0 Å². The zero-order valence-corrected chi connectivity index (χ0v) is 17.8. The van der Waals surface area contributed by atoms with E-state index in [-0.39, 0.29) is 6.61 Å². The number of carbonyl (C=O) groups excluding carboxylic acids is 1. The number of ketones is 1. The highest BCUT2D eigenvalue weighted by atomic mass is 16.3. The van der Waals surface area contributed by atoms with Crippen LogP contribution < -0.4 is 0 Å². The Labute approximate surface area is 170 Å². The third-order valence-corrected chi connectivity index (χ3v) is 8.17. The summed E-state index contributed by atoms with van der Waals surface area (Å²) in [5.41, 5.74) is 4.44. The number of aliphatic hydroxyl groups is 1. The molecule has 0 saturated heterocycles. The predicted octanol–water partition coefficient (Wildman–Crippen LogP) is 5.82. The van der Waals surface area contributed by atoms with Crippen molar-refractivity contribution < 1.29 is 9.90 Å².